The molecule has 0 aliphatic rings. The second-order valence-electron chi connectivity index (χ2n) is 7.52. The molecule has 35 heavy (non-hydrogen) atoms. The molecule has 0 spiro atoms. The molecular formula is C20H21Cl2F7N4O2. The average molecular weight is 553 g/mol. The van der Waals surface area contributed by atoms with Crippen LogP contribution >= 0.6 is 23.2 Å². The van der Waals surface area contributed by atoms with Crippen LogP contribution in [0.15, 0.2) is 24.3 Å². The normalized spacial score (nSPS) is 11.8. The van der Waals surface area contributed by atoms with Gasteiger partial charge in [-0.1, -0.05) is 23.2 Å². The molecular weight excluding hydrogens is 532 g/mol. The van der Waals surface area contributed by atoms with Crippen molar-refractivity contribution in [3.05, 3.63) is 61.4 Å². The van der Waals surface area contributed by atoms with Crippen molar-refractivity contribution in [1.29, 1.82) is 0 Å². The number of nitrogens with two attached hydrogens (primary N) is 1. The SMILES string of the molecule is CN(C)CCCN(C)c1c(N)cc(C(F)(F)F)cc1Cl.O=[N+]([O-])c1cc(C(F)(F)F)cc(Cl)c1F. The van der Waals surface area contributed by atoms with Crippen LogP contribution in [-0.4, -0.2) is 44.1 Å². The summed E-state index contributed by atoms with van der Waals surface area (Å²) in [5.41, 5.74) is 2.71. The molecule has 0 aliphatic heterocycles. The van der Waals surface area contributed by atoms with Gasteiger partial charge in [-0.05, 0) is 45.3 Å². The van der Waals surface area contributed by atoms with Crippen molar-refractivity contribution in [3.63, 3.8) is 0 Å². The van der Waals surface area contributed by atoms with E-state index in [-0.39, 0.29) is 16.8 Å². The fourth-order valence-corrected chi connectivity index (χ4v) is 3.38. The van der Waals surface area contributed by atoms with Crippen molar-refractivity contribution in [2.45, 2.75) is 18.8 Å². The Labute approximate surface area is 206 Å². The minimum absolute atomic E-state index is 0.0182. The van der Waals surface area contributed by atoms with Crippen molar-refractivity contribution >= 4 is 40.3 Å². The van der Waals surface area contributed by atoms with E-state index in [1.807, 2.05) is 19.0 Å². The number of nitrogens with zero attached hydrogens (tertiary/aromatic N) is 3. The Hall–Kier alpha value is -2.51. The van der Waals surface area contributed by atoms with Gasteiger partial charge in [0.15, 0.2) is 0 Å². The summed E-state index contributed by atoms with van der Waals surface area (Å²) >= 11 is 11.0. The lowest BCUT2D eigenvalue weighted by Crippen LogP contribution is -2.24. The third-order valence-corrected chi connectivity index (χ3v) is 5.00. The molecule has 0 fully saturated rings. The molecule has 2 aromatic carbocycles. The van der Waals surface area contributed by atoms with Crippen molar-refractivity contribution in [1.82, 2.24) is 4.90 Å². The summed E-state index contributed by atoms with van der Waals surface area (Å²) in [5, 5.41) is 9.28. The molecule has 0 bridgehead atoms. The molecule has 15 heteroatoms. The Bertz CT molecular complexity index is 1020. The zero-order valence-corrected chi connectivity index (χ0v) is 20.1. The topological polar surface area (TPSA) is 75.6 Å². The van der Waals surface area contributed by atoms with Crippen molar-refractivity contribution in [2.24, 2.45) is 0 Å². The van der Waals surface area contributed by atoms with Gasteiger partial charge in [0.1, 0.15) is 0 Å². The number of halogens is 9. The van der Waals surface area contributed by atoms with E-state index in [0.717, 1.165) is 25.1 Å². The molecule has 2 N–H and O–H groups in total. The summed E-state index contributed by atoms with van der Waals surface area (Å²) in [6.45, 7) is 1.54. The molecule has 0 amide bonds. The van der Waals surface area contributed by atoms with Gasteiger partial charge in [-0.15, -0.1) is 0 Å². The predicted molar refractivity (Wildman–Crippen MR) is 120 cm³/mol. The van der Waals surface area contributed by atoms with E-state index >= 15 is 0 Å². The standard InChI is InChI=1S/C13H19ClF3N3.C7H2ClF4NO2/c1-19(2)5-4-6-20(3)12-10(14)7-9(8-11(12)18)13(15,16)17;8-4-1-3(7(10,11)12)2-5(6(4)9)13(14)15/h7-8H,4-6,18H2,1-3H3;1-2H. The molecule has 0 unspecified atom stereocenters. The van der Waals surface area contributed by atoms with Crippen molar-refractivity contribution in [3.8, 4) is 0 Å². The van der Waals surface area contributed by atoms with Crippen LogP contribution in [0.3, 0.4) is 0 Å². The van der Waals surface area contributed by atoms with Gasteiger partial charge in [0, 0.05) is 19.7 Å². The van der Waals surface area contributed by atoms with Crippen LogP contribution in [0, 0.1) is 15.9 Å². The van der Waals surface area contributed by atoms with E-state index in [0.29, 0.717) is 18.3 Å². The van der Waals surface area contributed by atoms with E-state index in [4.69, 9.17) is 28.9 Å². The summed E-state index contributed by atoms with van der Waals surface area (Å²) in [4.78, 5) is 12.7. The lowest BCUT2D eigenvalue weighted by Gasteiger charge is -2.24. The largest absolute Gasteiger partial charge is 0.416 e. The summed E-state index contributed by atoms with van der Waals surface area (Å²) in [6.07, 6.45) is -8.39. The number of alkyl halides is 6. The Balaban J connectivity index is 0.000000365. The molecule has 196 valence electrons. The molecule has 6 nitrogen and oxygen atoms in total. The maximum Gasteiger partial charge on any atom is 0.416 e. The minimum Gasteiger partial charge on any atom is -0.397 e. The lowest BCUT2D eigenvalue weighted by atomic mass is 10.1. The highest BCUT2D eigenvalue weighted by atomic mass is 35.5. The van der Waals surface area contributed by atoms with Gasteiger partial charge >= 0.3 is 18.0 Å². The Morgan fingerprint density at radius 3 is 1.83 bits per heavy atom. The summed E-state index contributed by atoms with van der Waals surface area (Å²) in [5.74, 6) is -1.48. The van der Waals surface area contributed by atoms with Crippen LogP contribution in [0.5, 0.6) is 0 Å². The lowest BCUT2D eigenvalue weighted by molar-refractivity contribution is -0.387. The number of nitrogen functional groups attached to an aromatic ring is 1. The fourth-order valence-electron chi connectivity index (χ4n) is 2.79. The Morgan fingerprint density at radius 1 is 0.914 bits per heavy atom. The molecule has 0 heterocycles. The first-order valence-corrected chi connectivity index (χ1v) is 10.3. The van der Waals surface area contributed by atoms with Gasteiger partial charge < -0.3 is 15.5 Å². The first-order chi connectivity index (χ1) is 15.9. The number of hydrogen-bond acceptors (Lipinski definition) is 5. The van der Waals surface area contributed by atoms with Crippen LogP contribution < -0.4 is 10.6 Å². The number of nitro benzene ring substituents is 1. The molecule has 2 rings (SSSR count). The summed E-state index contributed by atoms with van der Waals surface area (Å²) in [6, 6.07) is 2.23. The van der Waals surface area contributed by atoms with E-state index < -0.39 is 44.9 Å². The molecule has 0 aliphatic carbocycles. The van der Waals surface area contributed by atoms with E-state index in [9.17, 15) is 40.8 Å². The molecule has 2 aromatic rings. The molecule has 0 aromatic heterocycles. The van der Waals surface area contributed by atoms with E-state index in [1.54, 1.807) is 11.9 Å². The highest BCUT2D eigenvalue weighted by Gasteiger charge is 2.35. The maximum absolute atomic E-state index is 12.9. The molecule has 0 saturated carbocycles. The zero-order chi connectivity index (χ0) is 27.3. The highest BCUT2D eigenvalue weighted by molar-refractivity contribution is 6.34. The quantitative estimate of drug-likeness (QED) is 0.186. The van der Waals surface area contributed by atoms with Crippen LogP contribution in [0.1, 0.15) is 17.5 Å². The number of benzene rings is 2. The third-order valence-electron chi connectivity index (χ3n) is 4.43. The number of anilines is 2. The number of rotatable bonds is 6. The fraction of sp³-hybridized carbons (Fsp3) is 0.400. The maximum atomic E-state index is 12.9. The predicted octanol–water partition coefficient (Wildman–Crippen LogP) is 6.74. The molecule has 0 saturated heterocycles. The number of hydrogen-bond donors (Lipinski definition) is 1. The van der Waals surface area contributed by atoms with Gasteiger partial charge in [-0.25, -0.2) is 0 Å². The Kier molecular flexibility index (Phi) is 10.4. The minimum atomic E-state index is -4.80. The average Bonchev–Trinajstić information content (AvgIpc) is 2.67. The van der Waals surface area contributed by atoms with Crippen molar-refractivity contribution in [2.75, 3.05) is 44.9 Å². The van der Waals surface area contributed by atoms with E-state index in [1.165, 1.54) is 0 Å². The monoisotopic (exact) mass is 552 g/mol. The zero-order valence-electron chi connectivity index (χ0n) is 18.6. The molecule has 0 atom stereocenters. The van der Waals surface area contributed by atoms with Crippen LogP contribution in [-0.2, 0) is 12.4 Å². The van der Waals surface area contributed by atoms with Crippen molar-refractivity contribution < 1.29 is 35.7 Å². The summed E-state index contributed by atoms with van der Waals surface area (Å²) < 4.78 is 87.2. The number of nitro groups is 1. The van der Waals surface area contributed by atoms with Gasteiger partial charge in [0.2, 0.25) is 5.82 Å². The van der Waals surface area contributed by atoms with Gasteiger partial charge in [0.25, 0.3) is 0 Å². The van der Waals surface area contributed by atoms with Crippen LogP contribution in [0.25, 0.3) is 0 Å². The van der Waals surface area contributed by atoms with Crippen LogP contribution in [0.2, 0.25) is 10.0 Å². The smallest absolute Gasteiger partial charge is 0.397 e. The first-order valence-electron chi connectivity index (χ1n) is 9.59. The van der Waals surface area contributed by atoms with Gasteiger partial charge in [-0.2, -0.15) is 30.7 Å². The first kappa shape index (κ1) is 30.5. The second-order valence-corrected chi connectivity index (χ2v) is 8.33. The summed E-state index contributed by atoms with van der Waals surface area (Å²) in [7, 11) is 5.68. The Morgan fingerprint density at radius 2 is 1.40 bits per heavy atom. The van der Waals surface area contributed by atoms with Gasteiger partial charge in [-0.3, -0.25) is 10.1 Å². The van der Waals surface area contributed by atoms with Crippen LogP contribution in [0.4, 0.5) is 47.8 Å². The second kappa shape index (κ2) is 12.0. The van der Waals surface area contributed by atoms with Gasteiger partial charge in [0.05, 0.1) is 37.5 Å². The third kappa shape index (κ3) is 8.89. The van der Waals surface area contributed by atoms with E-state index in [2.05, 4.69) is 0 Å². The molecule has 0 radical (unpaired) electrons. The highest BCUT2D eigenvalue weighted by Crippen LogP contribution is 2.39.